The number of hydrogen-bond donors (Lipinski definition) is 0. The minimum atomic E-state index is -0.0496. The summed E-state index contributed by atoms with van der Waals surface area (Å²) in [5.74, 6) is 3.49. The molecule has 2 fully saturated rings. The minimum Gasteiger partial charge on any atom is -0.353 e. The lowest BCUT2D eigenvalue weighted by Crippen LogP contribution is -2.47. The highest BCUT2D eigenvalue weighted by Crippen LogP contribution is 2.38. The van der Waals surface area contributed by atoms with Crippen molar-refractivity contribution in [1.82, 2.24) is 19.7 Å². The molecule has 2 aliphatic rings. The summed E-state index contributed by atoms with van der Waals surface area (Å²) in [6, 6.07) is 5.59. The molecule has 3 heterocycles. The topological polar surface area (TPSA) is 67.2 Å². The van der Waals surface area contributed by atoms with E-state index in [1.807, 2.05) is 26.8 Å². The summed E-state index contributed by atoms with van der Waals surface area (Å²) < 4.78 is 1.55. The van der Waals surface area contributed by atoms with Crippen LogP contribution in [0.4, 0.5) is 11.6 Å². The van der Waals surface area contributed by atoms with Gasteiger partial charge in [0.15, 0.2) is 0 Å². The minimum absolute atomic E-state index is 0.0496. The SMILES string of the molecule is Cc1cc(N2CCN(c3ccc(=O)n(C(C)C)n3)CC2)nc(C2CC2)n1. The summed E-state index contributed by atoms with van der Waals surface area (Å²) in [7, 11) is 0. The molecule has 2 aromatic heterocycles. The smallest absolute Gasteiger partial charge is 0.267 e. The van der Waals surface area contributed by atoms with Crippen molar-refractivity contribution in [3.05, 3.63) is 40.1 Å². The number of nitrogens with zero attached hydrogens (tertiary/aromatic N) is 6. The van der Waals surface area contributed by atoms with Gasteiger partial charge in [0.2, 0.25) is 0 Å². The number of aryl methyl sites for hydroxylation is 1. The molecule has 0 unspecified atom stereocenters. The summed E-state index contributed by atoms with van der Waals surface area (Å²) >= 11 is 0. The lowest BCUT2D eigenvalue weighted by atomic mass is 10.2. The van der Waals surface area contributed by atoms with E-state index in [0.29, 0.717) is 5.92 Å². The second-order valence-corrected chi connectivity index (χ2v) is 7.54. The fraction of sp³-hybridized carbons (Fsp3) is 0.579. The van der Waals surface area contributed by atoms with Crippen molar-refractivity contribution in [1.29, 1.82) is 0 Å². The number of rotatable bonds is 4. The maximum atomic E-state index is 11.9. The van der Waals surface area contributed by atoms with Crippen LogP contribution in [0.1, 0.15) is 50.2 Å². The molecule has 138 valence electrons. The second kappa shape index (κ2) is 6.70. The maximum Gasteiger partial charge on any atom is 0.267 e. The summed E-state index contributed by atoms with van der Waals surface area (Å²) in [4.78, 5) is 25.9. The van der Waals surface area contributed by atoms with Crippen LogP contribution in [0.2, 0.25) is 0 Å². The highest BCUT2D eigenvalue weighted by molar-refractivity contribution is 5.45. The number of aromatic nitrogens is 4. The Morgan fingerprint density at radius 1 is 1.00 bits per heavy atom. The van der Waals surface area contributed by atoms with Gasteiger partial charge in [-0.25, -0.2) is 14.6 Å². The zero-order valence-corrected chi connectivity index (χ0v) is 15.7. The van der Waals surface area contributed by atoms with Gasteiger partial charge in [-0.3, -0.25) is 4.79 Å². The zero-order chi connectivity index (χ0) is 18.3. The van der Waals surface area contributed by atoms with Gasteiger partial charge in [0.1, 0.15) is 17.5 Å². The van der Waals surface area contributed by atoms with Gasteiger partial charge in [-0.05, 0) is 39.7 Å². The van der Waals surface area contributed by atoms with Gasteiger partial charge < -0.3 is 9.80 Å². The fourth-order valence-electron chi connectivity index (χ4n) is 3.38. The molecule has 26 heavy (non-hydrogen) atoms. The van der Waals surface area contributed by atoms with Crippen molar-refractivity contribution in [3.8, 4) is 0 Å². The Balaban J connectivity index is 1.48. The molecule has 0 radical (unpaired) electrons. The predicted molar refractivity (Wildman–Crippen MR) is 102 cm³/mol. The van der Waals surface area contributed by atoms with Gasteiger partial charge in [0.25, 0.3) is 5.56 Å². The van der Waals surface area contributed by atoms with Crippen LogP contribution in [0.5, 0.6) is 0 Å². The van der Waals surface area contributed by atoms with Gasteiger partial charge in [0.05, 0.1) is 6.04 Å². The van der Waals surface area contributed by atoms with E-state index < -0.39 is 0 Å². The van der Waals surface area contributed by atoms with Gasteiger partial charge in [-0.15, -0.1) is 0 Å². The molecule has 1 aliphatic heterocycles. The Hall–Kier alpha value is -2.44. The normalized spacial score (nSPS) is 17.8. The molecule has 0 amide bonds. The first-order valence-corrected chi connectivity index (χ1v) is 9.46. The third-order valence-corrected chi connectivity index (χ3v) is 5.03. The van der Waals surface area contributed by atoms with E-state index in [4.69, 9.17) is 4.98 Å². The quantitative estimate of drug-likeness (QED) is 0.838. The predicted octanol–water partition coefficient (Wildman–Crippen LogP) is 2.13. The first-order valence-electron chi connectivity index (χ1n) is 9.46. The lowest BCUT2D eigenvalue weighted by Gasteiger charge is -2.36. The van der Waals surface area contributed by atoms with Crippen LogP contribution in [0.25, 0.3) is 0 Å². The molecule has 0 bridgehead atoms. The Kier molecular flexibility index (Phi) is 4.38. The Morgan fingerprint density at radius 3 is 2.27 bits per heavy atom. The molecule has 7 heteroatoms. The van der Waals surface area contributed by atoms with Crippen molar-refractivity contribution in [2.45, 2.75) is 45.6 Å². The van der Waals surface area contributed by atoms with Crippen LogP contribution >= 0.6 is 0 Å². The van der Waals surface area contributed by atoms with E-state index in [2.05, 4.69) is 25.9 Å². The molecule has 1 saturated carbocycles. The van der Waals surface area contributed by atoms with E-state index in [-0.39, 0.29) is 11.6 Å². The molecular formula is C19H26N6O. The Bertz CT molecular complexity index is 849. The third kappa shape index (κ3) is 3.43. The van der Waals surface area contributed by atoms with Crippen LogP contribution < -0.4 is 15.4 Å². The Labute approximate surface area is 153 Å². The first kappa shape index (κ1) is 17.0. The standard InChI is InChI=1S/C19H26N6O/c1-13(2)25-18(26)7-6-16(22-25)23-8-10-24(11-9-23)17-12-14(3)20-19(21-17)15-4-5-15/h6-7,12-13,15H,4-5,8-11H2,1-3H3. The fourth-order valence-corrected chi connectivity index (χ4v) is 3.38. The summed E-state index contributed by atoms with van der Waals surface area (Å²) in [6.07, 6.45) is 2.43. The summed E-state index contributed by atoms with van der Waals surface area (Å²) in [5.41, 5.74) is 0.997. The van der Waals surface area contributed by atoms with Crippen LogP contribution in [-0.2, 0) is 0 Å². The van der Waals surface area contributed by atoms with Crippen LogP contribution in [0.3, 0.4) is 0 Å². The molecule has 7 nitrogen and oxygen atoms in total. The first-order chi connectivity index (χ1) is 12.5. The third-order valence-electron chi connectivity index (χ3n) is 5.03. The summed E-state index contributed by atoms with van der Waals surface area (Å²) in [5, 5.41) is 4.54. The molecule has 0 atom stereocenters. The molecule has 0 N–H and O–H groups in total. The Morgan fingerprint density at radius 2 is 1.65 bits per heavy atom. The monoisotopic (exact) mass is 354 g/mol. The average Bonchev–Trinajstić information content (AvgIpc) is 3.47. The van der Waals surface area contributed by atoms with E-state index in [1.165, 1.54) is 12.8 Å². The maximum absolute atomic E-state index is 11.9. The molecule has 0 spiro atoms. The van der Waals surface area contributed by atoms with Crippen molar-refractivity contribution in [2.24, 2.45) is 0 Å². The van der Waals surface area contributed by atoms with Gasteiger partial charge in [0, 0.05) is 49.9 Å². The highest BCUT2D eigenvalue weighted by atomic mass is 16.1. The van der Waals surface area contributed by atoms with E-state index in [0.717, 1.165) is 49.3 Å². The van der Waals surface area contributed by atoms with Crippen LogP contribution in [0.15, 0.2) is 23.0 Å². The molecule has 1 saturated heterocycles. The van der Waals surface area contributed by atoms with Crippen molar-refractivity contribution >= 4 is 11.6 Å². The molecule has 4 rings (SSSR count). The van der Waals surface area contributed by atoms with E-state index in [9.17, 15) is 4.79 Å². The van der Waals surface area contributed by atoms with Crippen LogP contribution in [0, 0.1) is 6.92 Å². The number of piperazine rings is 1. The molecular weight excluding hydrogens is 328 g/mol. The van der Waals surface area contributed by atoms with Crippen molar-refractivity contribution < 1.29 is 0 Å². The zero-order valence-electron chi connectivity index (χ0n) is 15.7. The number of anilines is 2. The van der Waals surface area contributed by atoms with Gasteiger partial charge in [-0.1, -0.05) is 0 Å². The van der Waals surface area contributed by atoms with Crippen LogP contribution in [-0.4, -0.2) is 45.9 Å². The van der Waals surface area contributed by atoms with Gasteiger partial charge in [-0.2, -0.15) is 5.10 Å². The second-order valence-electron chi connectivity index (χ2n) is 7.54. The highest BCUT2D eigenvalue weighted by Gasteiger charge is 2.28. The summed E-state index contributed by atoms with van der Waals surface area (Å²) in [6.45, 7) is 9.52. The molecule has 0 aromatic carbocycles. The molecule has 2 aromatic rings. The number of hydrogen-bond acceptors (Lipinski definition) is 6. The van der Waals surface area contributed by atoms with Crippen molar-refractivity contribution in [2.75, 3.05) is 36.0 Å². The largest absolute Gasteiger partial charge is 0.353 e. The van der Waals surface area contributed by atoms with Crippen molar-refractivity contribution in [3.63, 3.8) is 0 Å². The average molecular weight is 354 g/mol. The van der Waals surface area contributed by atoms with E-state index in [1.54, 1.807) is 10.7 Å². The molecule has 1 aliphatic carbocycles. The van der Waals surface area contributed by atoms with Gasteiger partial charge >= 0.3 is 0 Å². The lowest BCUT2D eigenvalue weighted by molar-refractivity contribution is 0.497. The van der Waals surface area contributed by atoms with E-state index >= 15 is 0 Å².